The number of halogens is 1. The van der Waals surface area contributed by atoms with Crippen LogP contribution in [0.5, 0.6) is 5.75 Å². The van der Waals surface area contributed by atoms with Gasteiger partial charge in [0.15, 0.2) is 0 Å². The van der Waals surface area contributed by atoms with Crippen LogP contribution < -0.4 is 10.5 Å². The van der Waals surface area contributed by atoms with E-state index in [1.54, 1.807) is 0 Å². The van der Waals surface area contributed by atoms with Crippen molar-refractivity contribution in [2.45, 2.75) is 31.7 Å². The molecule has 2 atom stereocenters. The molecule has 3 heteroatoms. The Balaban J connectivity index is 1.81. The summed E-state index contributed by atoms with van der Waals surface area (Å²) in [6, 6.07) is 14.3. The van der Waals surface area contributed by atoms with Crippen molar-refractivity contribution >= 4 is 11.6 Å². The first kappa shape index (κ1) is 14.4. The number of benzene rings is 2. The molecule has 0 fully saturated rings. The third-order valence-electron chi connectivity index (χ3n) is 4.18. The molecular weight excluding hydrogens is 282 g/mol. The van der Waals surface area contributed by atoms with Gasteiger partial charge in [0.2, 0.25) is 0 Å². The van der Waals surface area contributed by atoms with Gasteiger partial charge in [0, 0.05) is 11.1 Å². The fraction of sp³-hybridized carbons (Fsp3) is 0.333. The fourth-order valence-electron chi connectivity index (χ4n) is 3.03. The van der Waals surface area contributed by atoms with E-state index < -0.39 is 0 Å². The van der Waals surface area contributed by atoms with Gasteiger partial charge in [-0.15, -0.1) is 0 Å². The average molecular weight is 302 g/mol. The van der Waals surface area contributed by atoms with Gasteiger partial charge in [0.1, 0.15) is 5.75 Å². The first-order valence-corrected chi connectivity index (χ1v) is 7.76. The molecule has 2 N–H and O–H groups in total. The molecule has 1 heterocycles. The van der Waals surface area contributed by atoms with Crippen LogP contribution in [0.2, 0.25) is 5.02 Å². The predicted molar refractivity (Wildman–Crippen MR) is 87.0 cm³/mol. The highest BCUT2D eigenvalue weighted by Crippen LogP contribution is 2.39. The van der Waals surface area contributed by atoms with Crippen LogP contribution in [0, 0.1) is 6.92 Å². The molecule has 2 aromatic carbocycles. The van der Waals surface area contributed by atoms with E-state index in [1.807, 2.05) is 31.2 Å². The quantitative estimate of drug-likeness (QED) is 0.899. The Morgan fingerprint density at radius 3 is 2.90 bits per heavy atom. The first-order valence-electron chi connectivity index (χ1n) is 7.38. The molecule has 0 aromatic heterocycles. The minimum absolute atomic E-state index is 0.0470. The Labute approximate surface area is 130 Å². The lowest BCUT2D eigenvalue weighted by molar-refractivity contribution is 0.259. The molecule has 0 aliphatic carbocycles. The van der Waals surface area contributed by atoms with Gasteiger partial charge in [0.05, 0.1) is 6.61 Å². The predicted octanol–water partition coefficient (Wildman–Crippen LogP) is 4.60. The van der Waals surface area contributed by atoms with Crippen molar-refractivity contribution in [2.75, 3.05) is 6.61 Å². The van der Waals surface area contributed by atoms with Crippen LogP contribution in [-0.2, 0) is 0 Å². The Morgan fingerprint density at radius 2 is 2.10 bits per heavy atom. The van der Waals surface area contributed by atoms with Gasteiger partial charge in [-0.25, -0.2) is 0 Å². The Kier molecular flexibility index (Phi) is 4.18. The summed E-state index contributed by atoms with van der Waals surface area (Å²) in [5.74, 6) is 1.43. The third-order valence-corrected chi connectivity index (χ3v) is 4.50. The summed E-state index contributed by atoms with van der Waals surface area (Å²) in [5, 5.41) is 0.767. The van der Waals surface area contributed by atoms with Crippen molar-refractivity contribution in [1.29, 1.82) is 0 Å². The molecule has 21 heavy (non-hydrogen) atoms. The third kappa shape index (κ3) is 3.07. The van der Waals surface area contributed by atoms with Crippen LogP contribution in [0.25, 0.3) is 0 Å². The normalized spacial score (nSPS) is 18.7. The van der Waals surface area contributed by atoms with E-state index in [9.17, 15) is 0 Å². The second kappa shape index (κ2) is 6.08. The van der Waals surface area contributed by atoms with E-state index in [-0.39, 0.29) is 6.04 Å². The summed E-state index contributed by atoms with van der Waals surface area (Å²) < 4.78 is 5.71. The summed E-state index contributed by atoms with van der Waals surface area (Å²) in [4.78, 5) is 0. The molecular formula is C18H20ClNO. The van der Waals surface area contributed by atoms with Crippen molar-refractivity contribution in [2.24, 2.45) is 5.73 Å². The Bertz CT molecular complexity index is 641. The molecule has 3 rings (SSSR count). The lowest BCUT2D eigenvalue weighted by Crippen LogP contribution is -2.20. The van der Waals surface area contributed by atoms with Crippen molar-refractivity contribution in [3.8, 4) is 5.75 Å². The van der Waals surface area contributed by atoms with E-state index in [0.717, 1.165) is 41.3 Å². The number of aryl methyl sites for hydroxylation is 1. The number of hydrogen-bond donors (Lipinski definition) is 1. The zero-order chi connectivity index (χ0) is 14.8. The first-order chi connectivity index (χ1) is 10.1. The molecule has 0 radical (unpaired) electrons. The molecule has 2 unspecified atom stereocenters. The largest absolute Gasteiger partial charge is 0.493 e. The zero-order valence-corrected chi connectivity index (χ0v) is 12.9. The number of ether oxygens (including phenoxy) is 1. The van der Waals surface area contributed by atoms with Gasteiger partial charge >= 0.3 is 0 Å². The SMILES string of the molecule is Cc1ccc(C(N)CC2CCOc3ccccc32)c(Cl)c1. The topological polar surface area (TPSA) is 35.2 Å². The molecule has 2 nitrogen and oxygen atoms in total. The van der Waals surface area contributed by atoms with Crippen LogP contribution in [0.15, 0.2) is 42.5 Å². The van der Waals surface area contributed by atoms with E-state index >= 15 is 0 Å². The summed E-state index contributed by atoms with van der Waals surface area (Å²) in [7, 11) is 0. The maximum atomic E-state index is 6.41. The molecule has 1 aliphatic rings. The van der Waals surface area contributed by atoms with Crippen molar-refractivity contribution < 1.29 is 4.74 Å². The molecule has 110 valence electrons. The second-order valence-electron chi connectivity index (χ2n) is 5.74. The molecule has 0 bridgehead atoms. The summed E-state index contributed by atoms with van der Waals surface area (Å²) in [5.41, 5.74) is 9.87. The van der Waals surface area contributed by atoms with Crippen LogP contribution >= 0.6 is 11.6 Å². The number of fused-ring (bicyclic) bond motifs is 1. The van der Waals surface area contributed by atoms with Crippen molar-refractivity contribution in [3.05, 3.63) is 64.2 Å². The number of rotatable bonds is 3. The van der Waals surface area contributed by atoms with Crippen LogP contribution in [0.1, 0.15) is 41.5 Å². The monoisotopic (exact) mass is 301 g/mol. The Morgan fingerprint density at radius 1 is 1.29 bits per heavy atom. The number of para-hydroxylation sites is 1. The minimum Gasteiger partial charge on any atom is -0.493 e. The maximum Gasteiger partial charge on any atom is 0.122 e. The van der Waals surface area contributed by atoms with Gasteiger partial charge in [-0.05, 0) is 54.5 Å². The highest BCUT2D eigenvalue weighted by Gasteiger charge is 2.24. The minimum atomic E-state index is -0.0470. The number of nitrogens with two attached hydrogens (primary N) is 1. The standard InChI is InChI=1S/C18H20ClNO/c1-12-6-7-15(16(19)10-12)17(20)11-13-8-9-21-18-5-3-2-4-14(13)18/h2-7,10,13,17H,8-9,11,20H2,1H3. The summed E-state index contributed by atoms with van der Waals surface area (Å²) in [6.07, 6.45) is 1.90. The van der Waals surface area contributed by atoms with Crippen LogP contribution in [-0.4, -0.2) is 6.61 Å². The summed E-state index contributed by atoms with van der Waals surface area (Å²) in [6.45, 7) is 2.80. The van der Waals surface area contributed by atoms with E-state index in [1.165, 1.54) is 5.56 Å². The van der Waals surface area contributed by atoms with E-state index in [4.69, 9.17) is 22.1 Å². The van der Waals surface area contributed by atoms with Gasteiger partial charge in [-0.2, -0.15) is 0 Å². The van der Waals surface area contributed by atoms with Gasteiger partial charge in [-0.1, -0.05) is 41.9 Å². The lowest BCUT2D eigenvalue weighted by Gasteiger charge is -2.28. The second-order valence-corrected chi connectivity index (χ2v) is 6.15. The highest BCUT2D eigenvalue weighted by atomic mass is 35.5. The smallest absolute Gasteiger partial charge is 0.122 e. The zero-order valence-electron chi connectivity index (χ0n) is 12.2. The molecule has 0 amide bonds. The highest BCUT2D eigenvalue weighted by molar-refractivity contribution is 6.31. The molecule has 0 saturated carbocycles. The van der Waals surface area contributed by atoms with E-state index in [0.29, 0.717) is 5.92 Å². The van der Waals surface area contributed by atoms with Crippen molar-refractivity contribution in [1.82, 2.24) is 0 Å². The van der Waals surface area contributed by atoms with Gasteiger partial charge in [-0.3, -0.25) is 0 Å². The Hall–Kier alpha value is -1.51. The van der Waals surface area contributed by atoms with Crippen LogP contribution in [0.4, 0.5) is 0 Å². The molecule has 0 spiro atoms. The fourth-order valence-corrected chi connectivity index (χ4v) is 3.40. The van der Waals surface area contributed by atoms with Crippen LogP contribution in [0.3, 0.4) is 0 Å². The number of hydrogen-bond acceptors (Lipinski definition) is 2. The van der Waals surface area contributed by atoms with Gasteiger partial charge < -0.3 is 10.5 Å². The molecule has 0 saturated heterocycles. The lowest BCUT2D eigenvalue weighted by atomic mass is 9.86. The van der Waals surface area contributed by atoms with Gasteiger partial charge in [0.25, 0.3) is 0 Å². The molecule has 2 aromatic rings. The summed E-state index contributed by atoms with van der Waals surface area (Å²) >= 11 is 6.34. The van der Waals surface area contributed by atoms with Crippen molar-refractivity contribution in [3.63, 3.8) is 0 Å². The molecule has 1 aliphatic heterocycles. The maximum absolute atomic E-state index is 6.41. The van der Waals surface area contributed by atoms with E-state index in [2.05, 4.69) is 18.2 Å². The average Bonchev–Trinajstić information content (AvgIpc) is 2.47.